The third-order valence-electron chi connectivity index (χ3n) is 8.20. The van der Waals surface area contributed by atoms with E-state index in [0.29, 0.717) is 0 Å². The number of hydrogen-bond acceptors (Lipinski definition) is 3. The molecule has 1 aliphatic heterocycles. The van der Waals surface area contributed by atoms with Gasteiger partial charge in [-0.2, -0.15) is 0 Å². The Bertz CT molecular complexity index is 2430. The molecular formula is C39H26Br3N5. The van der Waals surface area contributed by atoms with Crippen LogP contribution in [0.15, 0.2) is 164 Å². The summed E-state index contributed by atoms with van der Waals surface area (Å²) in [5, 5.41) is 0. The van der Waals surface area contributed by atoms with Crippen molar-refractivity contribution in [2.24, 2.45) is 4.99 Å². The summed E-state index contributed by atoms with van der Waals surface area (Å²) in [5.74, 6) is 1.96. The summed E-state index contributed by atoms with van der Waals surface area (Å²) in [6.45, 7) is 0. The molecule has 0 amide bonds. The molecule has 0 bridgehead atoms. The van der Waals surface area contributed by atoms with Gasteiger partial charge in [0.15, 0.2) is 0 Å². The Hall–Kier alpha value is -4.50. The number of amidine groups is 1. The van der Waals surface area contributed by atoms with Gasteiger partial charge in [0.2, 0.25) is 5.78 Å². The van der Waals surface area contributed by atoms with Crippen LogP contribution >= 0.6 is 47.8 Å². The van der Waals surface area contributed by atoms with Crippen molar-refractivity contribution in [3.63, 3.8) is 0 Å². The molecule has 1 aliphatic rings. The number of imidazole rings is 2. The summed E-state index contributed by atoms with van der Waals surface area (Å²) in [5.41, 5.74) is 10.0. The summed E-state index contributed by atoms with van der Waals surface area (Å²) in [6.07, 6.45) is 0.823. The fraction of sp³-hybridized carbons (Fsp3) is 0.0256. The molecule has 6 aromatic carbocycles. The Morgan fingerprint density at radius 3 is 2.13 bits per heavy atom. The van der Waals surface area contributed by atoms with Crippen molar-refractivity contribution in [1.29, 1.82) is 0 Å². The minimum Gasteiger partial charge on any atom is -0.297 e. The van der Waals surface area contributed by atoms with Gasteiger partial charge in [-0.3, -0.25) is 13.9 Å². The second-order valence-electron chi connectivity index (χ2n) is 11.1. The minimum absolute atomic E-state index is 0.823. The van der Waals surface area contributed by atoms with Crippen LogP contribution in [0.25, 0.3) is 33.5 Å². The highest BCUT2D eigenvalue weighted by Gasteiger charge is 2.24. The van der Waals surface area contributed by atoms with Crippen LogP contribution < -0.4 is 4.90 Å². The van der Waals surface area contributed by atoms with Gasteiger partial charge < -0.3 is 0 Å². The topological polar surface area (TPSA) is 37.8 Å². The van der Waals surface area contributed by atoms with Gasteiger partial charge in [0.05, 0.1) is 33.4 Å². The van der Waals surface area contributed by atoms with Crippen LogP contribution in [-0.4, -0.2) is 19.8 Å². The van der Waals surface area contributed by atoms with E-state index >= 15 is 0 Å². The number of halogens is 3. The minimum atomic E-state index is 0.823. The molecule has 2 aromatic heterocycles. The fourth-order valence-electron chi connectivity index (χ4n) is 6.14. The van der Waals surface area contributed by atoms with Crippen molar-refractivity contribution in [1.82, 2.24) is 14.0 Å². The van der Waals surface area contributed by atoms with E-state index in [0.717, 1.165) is 76.3 Å². The normalized spacial score (nSPS) is 12.2. The molecule has 0 spiro atoms. The number of aliphatic imine (C=N–C) groups is 1. The van der Waals surface area contributed by atoms with E-state index in [2.05, 4.69) is 177 Å². The highest BCUT2D eigenvalue weighted by Crippen LogP contribution is 2.38. The number of rotatable bonds is 3. The van der Waals surface area contributed by atoms with Crippen molar-refractivity contribution in [3.05, 3.63) is 165 Å². The molecule has 8 heteroatoms. The molecule has 0 unspecified atom stereocenters. The molecule has 0 saturated heterocycles. The number of benzene rings is 6. The number of anilines is 2. The summed E-state index contributed by atoms with van der Waals surface area (Å²) >= 11 is 11.0. The third-order valence-corrected chi connectivity index (χ3v) is 10.0. The average Bonchev–Trinajstić information content (AvgIpc) is 3.79. The summed E-state index contributed by atoms with van der Waals surface area (Å²) < 4.78 is 7.57. The SMILES string of the molecule is Brc1ccc(Br)c(N(C2=Nc3ccccc3C2)c2ccccc2)c1.Brc1cccc2c1n(-c1ccccc1)c1nc3ccccc3n21. The molecule has 0 atom stereocenters. The van der Waals surface area contributed by atoms with E-state index in [1.165, 1.54) is 5.56 Å². The van der Waals surface area contributed by atoms with Gasteiger partial charge in [-0.25, -0.2) is 9.98 Å². The second kappa shape index (κ2) is 12.6. The zero-order chi connectivity index (χ0) is 31.9. The van der Waals surface area contributed by atoms with Gasteiger partial charge >= 0.3 is 0 Å². The van der Waals surface area contributed by atoms with E-state index in [-0.39, 0.29) is 0 Å². The number of nitrogens with zero attached hydrogens (tertiary/aromatic N) is 5. The van der Waals surface area contributed by atoms with Gasteiger partial charge in [-0.15, -0.1) is 0 Å². The van der Waals surface area contributed by atoms with Crippen molar-refractivity contribution in [2.75, 3.05) is 4.90 Å². The molecule has 0 fully saturated rings. The van der Waals surface area contributed by atoms with Crippen LogP contribution in [0.4, 0.5) is 17.1 Å². The average molecular weight is 804 g/mol. The quantitative estimate of drug-likeness (QED) is 0.178. The molecule has 0 radical (unpaired) electrons. The maximum absolute atomic E-state index is 4.88. The van der Waals surface area contributed by atoms with E-state index in [1.807, 2.05) is 30.3 Å². The molecule has 8 aromatic rings. The predicted octanol–water partition coefficient (Wildman–Crippen LogP) is 11.8. The molecule has 5 nitrogen and oxygen atoms in total. The monoisotopic (exact) mass is 801 g/mol. The van der Waals surface area contributed by atoms with Gasteiger partial charge in [-0.05, 0) is 110 Å². The number of para-hydroxylation sites is 6. The lowest BCUT2D eigenvalue weighted by Gasteiger charge is -2.26. The standard InChI is InChI=1S/C20H14Br2N2.C19H12BrN3/c21-15-10-11-17(22)19(13-15)24(16-7-2-1-3-8-16)20-12-14-6-4-5-9-18(14)23-20;20-14-9-6-12-17-18(14)22(13-7-2-1-3-8-13)19-21-15-10-4-5-11-16(15)23(17)19/h1-11,13H,12H2;1-12H. The Morgan fingerprint density at radius 2 is 1.32 bits per heavy atom. The molecule has 3 heterocycles. The molecule has 228 valence electrons. The zero-order valence-corrected chi connectivity index (χ0v) is 29.7. The lowest BCUT2D eigenvalue weighted by Crippen LogP contribution is -2.26. The first-order valence-corrected chi connectivity index (χ1v) is 17.5. The van der Waals surface area contributed by atoms with Gasteiger partial charge in [0, 0.05) is 31.2 Å². The van der Waals surface area contributed by atoms with E-state index < -0.39 is 0 Å². The van der Waals surface area contributed by atoms with Gasteiger partial charge in [-0.1, -0.05) is 88.7 Å². The Kier molecular flexibility index (Phi) is 8.01. The maximum Gasteiger partial charge on any atom is 0.220 e. The Balaban J connectivity index is 0.000000138. The summed E-state index contributed by atoms with van der Waals surface area (Å²) in [4.78, 5) is 12.0. The Morgan fingerprint density at radius 1 is 0.617 bits per heavy atom. The molecular weight excluding hydrogens is 778 g/mol. The fourth-order valence-corrected chi connectivity index (χ4v) is 7.44. The summed E-state index contributed by atoms with van der Waals surface area (Å²) in [7, 11) is 0. The predicted molar refractivity (Wildman–Crippen MR) is 205 cm³/mol. The molecule has 0 aliphatic carbocycles. The van der Waals surface area contributed by atoms with Crippen LogP contribution in [-0.2, 0) is 6.42 Å². The van der Waals surface area contributed by atoms with Crippen LogP contribution in [0.1, 0.15) is 5.56 Å². The Labute approximate surface area is 297 Å². The lowest BCUT2D eigenvalue weighted by molar-refractivity contribution is 1.11. The van der Waals surface area contributed by atoms with E-state index in [4.69, 9.17) is 9.98 Å². The molecule has 0 N–H and O–H groups in total. The summed E-state index contributed by atoms with van der Waals surface area (Å²) in [6, 6.07) is 49.8. The smallest absolute Gasteiger partial charge is 0.220 e. The van der Waals surface area contributed by atoms with Crippen LogP contribution in [0.5, 0.6) is 0 Å². The number of aromatic nitrogens is 3. The third kappa shape index (κ3) is 5.50. The first-order chi connectivity index (χ1) is 23.1. The number of fused-ring (bicyclic) bond motifs is 6. The van der Waals surface area contributed by atoms with E-state index in [9.17, 15) is 0 Å². The van der Waals surface area contributed by atoms with Crippen LogP contribution in [0, 0.1) is 0 Å². The van der Waals surface area contributed by atoms with Gasteiger partial charge in [0.1, 0.15) is 5.84 Å². The first-order valence-electron chi connectivity index (χ1n) is 15.1. The van der Waals surface area contributed by atoms with Crippen LogP contribution in [0.2, 0.25) is 0 Å². The zero-order valence-electron chi connectivity index (χ0n) is 24.9. The van der Waals surface area contributed by atoms with E-state index in [1.54, 1.807) is 0 Å². The van der Waals surface area contributed by atoms with Gasteiger partial charge in [0.25, 0.3) is 0 Å². The van der Waals surface area contributed by atoms with Crippen molar-refractivity contribution >= 4 is 98.5 Å². The number of hydrogen-bond donors (Lipinski definition) is 0. The maximum atomic E-state index is 4.88. The van der Waals surface area contributed by atoms with Crippen molar-refractivity contribution < 1.29 is 0 Å². The second-order valence-corrected chi connectivity index (χ2v) is 13.7. The molecule has 47 heavy (non-hydrogen) atoms. The molecule has 9 rings (SSSR count). The van der Waals surface area contributed by atoms with Crippen molar-refractivity contribution in [2.45, 2.75) is 6.42 Å². The van der Waals surface area contributed by atoms with Crippen LogP contribution in [0.3, 0.4) is 0 Å². The highest BCUT2D eigenvalue weighted by molar-refractivity contribution is 9.11. The largest absolute Gasteiger partial charge is 0.297 e. The van der Waals surface area contributed by atoms with Crippen molar-refractivity contribution in [3.8, 4) is 5.69 Å². The lowest BCUT2D eigenvalue weighted by atomic mass is 10.1. The highest BCUT2D eigenvalue weighted by atomic mass is 79.9. The molecule has 0 saturated carbocycles. The first kappa shape index (κ1) is 29.9.